The zero-order valence-corrected chi connectivity index (χ0v) is 18.1. The Bertz CT molecular complexity index is 831. The summed E-state index contributed by atoms with van der Waals surface area (Å²) in [6.07, 6.45) is 6.93. The van der Waals surface area contributed by atoms with E-state index >= 15 is 0 Å². The highest BCUT2D eigenvalue weighted by Crippen LogP contribution is 2.30. The van der Waals surface area contributed by atoms with Crippen molar-refractivity contribution in [2.75, 3.05) is 13.1 Å². The highest BCUT2D eigenvalue weighted by atomic mass is 35.5. The molecule has 3 nitrogen and oxygen atoms in total. The quantitative estimate of drug-likeness (QED) is 0.669. The summed E-state index contributed by atoms with van der Waals surface area (Å²) in [6.45, 7) is 2.22. The number of nitrogens with zero attached hydrogens (tertiary/aromatic N) is 1. The number of hydrogen-bond acceptors (Lipinski definition) is 2. The van der Waals surface area contributed by atoms with Crippen LogP contribution in [-0.4, -0.2) is 36.0 Å². The summed E-state index contributed by atoms with van der Waals surface area (Å²) in [4.78, 5) is 15.3. The Hall–Kier alpha value is -1.55. The van der Waals surface area contributed by atoms with Gasteiger partial charge in [0, 0.05) is 17.1 Å². The maximum absolute atomic E-state index is 12.7. The molecule has 0 radical (unpaired) electrons. The van der Waals surface area contributed by atoms with Gasteiger partial charge in [-0.25, -0.2) is 0 Å². The minimum atomic E-state index is -0.0508. The average Bonchev–Trinajstić information content (AvgIpc) is 3.18. The molecule has 2 aromatic rings. The minimum Gasteiger partial charge on any atom is -0.348 e. The lowest BCUT2D eigenvalue weighted by Gasteiger charge is -2.38. The van der Waals surface area contributed by atoms with Crippen LogP contribution < -0.4 is 5.32 Å². The van der Waals surface area contributed by atoms with Crippen molar-refractivity contribution >= 4 is 29.1 Å². The molecule has 1 saturated heterocycles. The number of nitrogens with one attached hydrogen (secondary N) is 1. The van der Waals surface area contributed by atoms with E-state index in [1.54, 1.807) is 12.1 Å². The molecular weight excluding hydrogens is 403 g/mol. The van der Waals surface area contributed by atoms with Crippen molar-refractivity contribution in [2.24, 2.45) is 5.92 Å². The zero-order chi connectivity index (χ0) is 20.2. The molecule has 2 aliphatic rings. The Labute approximate surface area is 183 Å². The summed E-state index contributed by atoms with van der Waals surface area (Å²) >= 11 is 12.2. The van der Waals surface area contributed by atoms with Gasteiger partial charge in [0.05, 0.1) is 10.6 Å². The second kappa shape index (κ2) is 9.51. The molecule has 2 fully saturated rings. The van der Waals surface area contributed by atoms with Crippen molar-refractivity contribution in [3.05, 3.63) is 69.7 Å². The smallest absolute Gasteiger partial charge is 0.253 e. The first kappa shape index (κ1) is 20.7. The van der Waals surface area contributed by atoms with Crippen molar-refractivity contribution in [2.45, 2.75) is 50.6 Å². The van der Waals surface area contributed by atoms with Crippen LogP contribution in [0.25, 0.3) is 0 Å². The van der Waals surface area contributed by atoms with Gasteiger partial charge in [0.1, 0.15) is 0 Å². The number of hydrogen-bond donors (Lipinski definition) is 1. The molecule has 2 atom stereocenters. The molecule has 4 rings (SSSR count). The van der Waals surface area contributed by atoms with E-state index in [-0.39, 0.29) is 11.9 Å². The number of amides is 1. The highest BCUT2D eigenvalue weighted by molar-refractivity contribution is 6.33. The summed E-state index contributed by atoms with van der Waals surface area (Å²) in [5.41, 5.74) is 1.94. The zero-order valence-electron chi connectivity index (χ0n) is 16.6. The molecule has 29 heavy (non-hydrogen) atoms. The Morgan fingerprint density at radius 2 is 1.69 bits per heavy atom. The molecular formula is C24H28Cl2N2O. The fourth-order valence-electron chi connectivity index (χ4n) is 4.88. The number of carbonyl (C=O) groups is 1. The normalized spacial score (nSPS) is 23.2. The summed E-state index contributed by atoms with van der Waals surface area (Å²) in [6, 6.07) is 16.2. The van der Waals surface area contributed by atoms with Crippen LogP contribution in [0.3, 0.4) is 0 Å². The third kappa shape index (κ3) is 5.14. The van der Waals surface area contributed by atoms with Gasteiger partial charge in [-0.15, -0.1) is 0 Å². The van der Waals surface area contributed by atoms with E-state index in [0.717, 1.165) is 43.3 Å². The number of likely N-dealkylation sites (tertiary alicyclic amines) is 1. The van der Waals surface area contributed by atoms with Crippen LogP contribution in [0.15, 0.2) is 48.5 Å². The van der Waals surface area contributed by atoms with Crippen LogP contribution in [0.4, 0.5) is 0 Å². The van der Waals surface area contributed by atoms with Gasteiger partial charge in [0.15, 0.2) is 0 Å². The van der Waals surface area contributed by atoms with Gasteiger partial charge < -0.3 is 5.32 Å². The van der Waals surface area contributed by atoms with Crippen LogP contribution in [0.2, 0.25) is 10.0 Å². The van der Waals surface area contributed by atoms with Crippen LogP contribution >= 0.6 is 23.2 Å². The number of carbonyl (C=O) groups excluding carboxylic acids is 1. The lowest BCUT2D eigenvalue weighted by molar-refractivity contribution is 0.0862. The first-order valence-corrected chi connectivity index (χ1v) is 11.4. The van der Waals surface area contributed by atoms with Crippen molar-refractivity contribution < 1.29 is 4.79 Å². The van der Waals surface area contributed by atoms with Crippen LogP contribution in [0, 0.1) is 5.92 Å². The molecule has 1 amide bonds. The number of piperidine rings is 1. The van der Waals surface area contributed by atoms with Crippen LogP contribution in [0.5, 0.6) is 0 Å². The van der Waals surface area contributed by atoms with E-state index in [9.17, 15) is 4.79 Å². The van der Waals surface area contributed by atoms with Gasteiger partial charge in [-0.2, -0.15) is 0 Å². The van der Waals surface area contributed by atoms with E-state index in [1.807, 2.05) is 24.3 Å². The van der Waals surface area contributed by atoms with Gasteiger partial charge >= 0.3 is 0 Å². The molecule has 1 aliphatic heterocycles. The topological polar surface area (TPSA) is 32.3 Å². The van der Waals surface area contributed by atoms with E-state index in [2.05, 4.69) is 22.3 Å². The van der Waals surface area contributed by atoms with Gasteiger partial charge in [0.2, 0.25) is 0 Å². The second-order valence-corrected chi connectivity index (χ2v) is 9.21. The largest absolute Gasteiger partial charge is 0.348 e. The van der Waals surface area contributed by atoms with E-state index in [0.29, 0.717) is 16.6 Å². The molecule has 1 heterocycles. The van der Waals surface area contributed by atoms with E-state index < -0.39 is 0 Å². The molecule has 1 saturated carbocycles. The molecule has 2 unspecified atom stereocenters. The molecule has 0 spiro atoms. The molecule has 1 aliphatic carbocycles. The third-order valence-corrected chi connectivity index (χ3v) is 7.05. The van der Waals surface area contributed by atoms with Crippen LogP contribution in [0.1, 0.15) is 48.0 Å². The second-order valence-electron chi connectivity index (χ2n) is 8.37. The molecule has 0 bridgehead atoms. The van der Waals surface area contributed by atoms with Gasteiger partial charge in [-0.3, -0.25) is 9.69 Å². The average molecular weight is 431 g/mol. The predicted octanol–water partition coefficient (Wildman–Crippen LogP) is 5.60. The minimum absolute atomic E-state index is 0.0508. The standard InChI is InChI=1S/C24H28Cl2N2O/c25-19-10-8-17(9-11-19)16-18-12-14-28(15-13-18)23-7-3-6-22(23)27-24(29)20-4-1-2-5-21(20)26/h1-2,4-5,8-11,18,22-23H,3,6-7,12-16H2,(H,27,29). The number of benzene rings is 2. The Kier molecular flexibility index (Phi) is 6.79. The van der Waals surface area contributed by atoms with Crippen molar-refractivity contribution in [3.63, 3.8) is 0 Å². The van der Waals surface area contributed by atoms with Gasteiger partial charge in [-0.05, 0) is 87.4 Å². The third-order valence-electron chi connectivity index (χ3n) is 6.47. The van der Waals surface area contributed by atoms with Crippen molar-refractivity contribution in [1.82, 2.24) is 10.2 Å². The Balaban J connectivity index is 1.31. The van der Waals surface area contributed by atoms with Crippen LogP contribution in [-0.2, 0) is 6.42 Å². The lowest BCUT2D eigenvalue weighted by atomic mass is 9.89. The number of halogens is 2. The Morgan fingerprint density at radius 1 is 0.966 bits per heavy atom. The summed E-state index contributed by atoms with van der Waals surface area (Å²) in [7, 11) is 0. The van der Waals surface area contributed by atoms with E-state index in [4.69, 9.17) is 23.2 Å². The first-order chi connectivity index (χ1) is 14.1. The van der Waals surface area contributed by atoms with Crippen molar-refractivity contribution in [1.29, 1.82) is 0 Å². The highest BCUT2D eigenvalue weighted by Gasteiger charge is 2.35. The molecule has 1 N–H and O–H groups in total. The summed E-state index contributed by atoms with van der Waals surface area (Å²) < 4.78 is 0. The van der Waals surface area contributed by atoms with Gasteiger partial charge in [0.25, 0.3) is 5.91 Å². The molecule has 154 valence electrons. The molecule has 0 aromatic heterocycles. The first-order valence-electron chi connectivity index (χ1n) is 10.6. The SMILES string of the molecule is O=C(NC1CCCC1N1CCC(Cc2ccc(Cl)cc2)CC1)c1ccccc1Cl. The molecule has 2 aromatic carbocycles. The maximum atomic E-state index is 12.7. The lowest BCUT2D eigenvalue weighted by Crippen LogP contribution is -2.51. The fraction of sp³-hybridized carbons (Fsp3) is 0.458. The fourth-order valence-corrected chi connectivity index (χ4v) is 5.23. The Morgan fingerprint density at radius 3 is 2.41 bits per heavy atom. The monoisotopic (exact) mass is 430 g/mol. The predicted molar refractivity (Wildman–Crippen MR) is 120 cm³/mol. The maximum Gasteiger partial charge on any atom is 0.253 e. The van der Waals surface area contributed by atoms with Gasteiger partial charge in [-0.1, -0.05) is 47.5 Å². The summed E-state index contributed by atoms with van der Waals surface area (Å²) in [5, 5.41) is 4.58. The molecule has 5 heteroatoms. The number of rotatable bonds is 5. The van der Waals surface area contributed by atoms with E-state index in [1.165, 1.54) is 24.8 Å². The summed E-state index contributed by atoms with van der Waals surface area (Å²) in [5.74, 6) is 0.676. The van der Waals surface area contributed by atoms with Crippen molar-refractivity contribution in [3.8, 4) is 0 Å².